The second kappa shape index (κ2) is 29.6. The first-order valence-electron chi connectivity index (χ1n) is 41.7. The lowest BCUT2D eigenvalue weighted by molar-refractivity contribution is -0.123. The zero-order valence-corrected chi connectivity index (χ0v) is 69.2. The van der Waals surface area contributed by atoms with Crippen LogP contribution in [0.5, 0.6) is 0 Å². The smallest absolute Gasteiger partial charge is 0.0877 e. The zero-order chi connectivity index (χ0) is 74.8. The van der Waals surface area contributed by atoms with E-state index in [0.29, 0.717) is 23.7 Å². The Balaban J connectivity index is 0.912. The maximum atomic E-state index is 7.96. The van der Waals surface area contributed by atoms with Crippen molar-refractivity contribution in [2.24, 2.45) is 69.0 Å². The summed E-state index contributed by atoms with van der Waals surface area (Å²) < 4.78 is 31.8. The van der Waals surface area contributed by atoms with Crippen LogP contribution in [0.3, 0.4) is 0 Å². The van der Waals surface area contributed by atoms with Crippen molar-refractivity contribution in [3.63, 3.8) is 0 Å². The molecule has 16 unspecified atom stereocenters. The summed E-state index contributed by atoms with van der Waals surface area (Å²) in [6.07, 6.45) is 12.6. The zero-order valence-electron chi connectivity index (χ0n) is 69.2. The van der Waals surface area contributed by atoms with E-state index in [2.05, 4.69) is 306 Å². The van der Waals surface area contributed by atoms with Gasteiger partial charge in [-0.2, -0.15) is 0 Å². The van der Waals surface area contributed by atoms with Crippen LogP contribution in [-0.2, 0) is 40.6 Å². The Morgan fingerprint density at radius 3 is 0.538 bits per heavy atom. The van der Waals surface area contributed by atoms with E-state index in [9.17, 15) is 0 Å². The second-order valence-electron chi connectivity index (χ2n) is 43.0. The lowest BCUT2D eigenvalue weighted by atomic mass is 9.73. The van der Waals surface area contributed by atoms with E-state index in [4.69, 9.17) is 18.9 Å². The first kappa shape index (κ1) is 78.5. The molecule has 4 aliphatic carbocycles. The number of ether oxygens (including phenoxy) is 4. The third-order valence-electron chi connectivity index (χ3n) is 26.6. The summed E-state index contributed by atoms with van der Waals surface area (Å²) in [7, 11) is 0. The molecule has 12 heteroatoms. The summed E-state index contributed by atoms with van der Waals surface area (Å²) in [4.78, 5) is 0. The normalized spacial score (nSPS) is 34.9. The van der Waals surface area contributed by atoms with E-state index in [0.717, 1.165) is 77.0 Å². The Labute approximate surface area is 631 Å². The summed E-state index contributed by atoms with van der Waals surface area (Å²) in [6.45, 7) is 56.5. The molecule has 104 heavy (non-hydrogen) atoms. The standard InChI is InChI=1S/C92H144N8O4/c1-85(2,3)57-45-37-53(38-46-57)73(89(13,14)15)101-65-33-25-29-61-69(65)81-93-77(61)98-82-71-63(31-27-35-67(71)103-75(91(19,20)21)55-41-49-59(50-42-55)87(7,8)9)79(95-82)100-84-72-64(32-28-36-68(72)104-76(92(22,23)24)56-43-51-60(52-44-56)88(10,11)12)80(96-84)99-83-70-62(78(94-83)97-81)30-26-34-66(70)102-74(90(16,17)18)54-39-47-58(48-40-54)86(4,5)6/h37-52,61-84,93-100H,25-36H2,1-24H3. The molecule has 8 N–H and O–H groups in total. The molecule has 16 atom stereocenters. The molecule has 9 aliphatic rings. The van der Waals surface area contributed by atoms with Crippen LogP contribution in [0.1, 0.15) is 312 Å². The van der Waals surface area contributed by atoms with Gasteiger partial charge in [0.15, 0.2) is 0 Å². The highest BCUT2D eigenvalue weighted by molar-refractivity contribution is 5.34. The first-order chi connectivity index (χ1) is 48.6. The highest BCUT2D eigenvalue weighted by Crippen LogP contribution is 2.53. The quantitative estimate of drug-likeness (QED) is 0.0687. The van der Waals surface area contributed by atoms with Crippen molar-refractivity contribution in [1.82, 2.24) is 42.5 Å². The molecule has 5 aliphatic heterocycles. The van der Waals surface area contributed by atoms with Crippen LogP contribution in [-0.4, -0.2) is 73.7 Å². The molecule has 4 aromatic rings. The van der Waals surface area contributed by atoms with Gasteiger partial charge in [-0.25, -0.2) is 0 Å². The van der Waals surface area contributed by atoms with E-state index in [1.807, 2.05) is 0 Å². The fraction of sp³-hybridized carbons (Fsp3) is 0.739. The first-order valence-corrected chi connectivity index (χ1v) is 41.7. The number of benzene rings is 4. The Bertz CT molecular complexity index is 3020. The summed E-state index contributed by atoms with van der Waals surface area (Å²) in [6, 6.07) is 37.9. The third-order valence-corrected chi connectivity index (χ3v) is 26.6. The Morgan fingerprint density at radius 1 is 0.231 bits per heavy atom. The van der Waals surface area contributed by atoms with Crippen LogP contribution >= 0.6 is 0 Å². The van der Waals surface area contributed by atoms with Gasteiger partial charge in [-0.05, 0) is 163 Å². The number of hydrogen-bond donors (Lipinski definition) is 8. The molecule has 5 saturated heterocycles. The van der Waals surface area contributed by atoms with Crippen LogP contribution < -0.4 is 42.5 Å². The predicted octanol–water partition coefficient (Wildman–Crippen LogP) is 18.9. The molecular weight excluding hydrogens is 1280 g/mol. The largest absolute Gasteiger partial charge is 0.369 e. The van der Waals surface area contributed by atoms with Gasteiger partial charge in [-0.1, -0.05) is 289 Å². The number of fused-ring (bicyclic) bond motifs is 20. The van der Waals surface area contributed by atoms with Gasteiger partial charge in [0.05, 0.1) is 98.2 Å². The van der Waals surface area contributed by atoms with Gasteiger partial charge in [-0.15, -0.1) is 0 Å². The maximum Gasteiger partial charge on any atom is 0.0877 e. The SMILES string of the molecule is CC(C)(C)c1ccc(C(OC2CCCC3C4NC(NC5NC(NC6NC(NC7NC(N4)C4C(OC(c8ccc(C(C)(C)C)cc8)C(C)(C)C)CCCC74)C4C(OC(c7ccc(C(C)(C)C)cc7)C(C)(C)C)CCCC64)C4C(OC(c6ccc(C(C)(C)C)cc6)C(C)(C)C)CCCC54)C23)C(C)(C)C)cc1. The summed E-state index contributed by atoms with van der Waals surface area (Å²) in [5, 5.41) is 36.4. The molecule has 0 spiro atoms. The number of nitrogens with one attached hydrogen (secondary N) is 8. The third kappa shape index (κ3) is 16.7. The molecule has 5 heterocycles. The minimum absolute atomic E-state index is 0.00542. The molecule has 13 rings (SSSR count). The van der Waals surface area contributed by atoms with Crippen LogP contribution in [0.2, 0.25) is 0 Å². The molecular formula is C92H144N8O4. The monoisotopic (exact) mass is 1430 g/mol. The molecule has 12 nitrogen and oxygen atoms in total. The average molecular weight is 1430 g/mol. The second-order valence-corrected chi connectivity index (χ2v) is 43.0. The minimum Gasteiger partial charge on any atom is -0.369 e. The predicted molar refractivity (Wildman–Crippen MR) is 428 cm³/mol. The van der Waals surface area contributed by atoms with Crippen LogP contribution in [0.4, 0.5) is 0 Å². The van der Waals surface area contributed by atoms with Gasteiger partial charge in [0.25, 0.3) is 0 Å². The van der Waals surface area contributed by atoms with Gasteiger partial charge in [0.2, 0.25) is 0 Å². The fourth-order valence-corrected chi connectivity index (χ4v) is 21.2. The molecule has 8 bridgehead atoms. The fourth-order valence-electron chi connectivity index (χ4n) is 21.2. The average Bonchev–Trinajstić information content (AvgIpc) is 1.58. The topological polar surface area (TPSA) is 133 Å². The van der Waals surface area contributed by atoms with Gasteiger partial charge < -0.3 is 18.9 Å². The van der Waals surface area contributed by atoms with Crippen LogP contribution in [0.15, 0.2) is 97.1 Å². The molecule has 4 saturated carbocycles. The summed E-state index contributed by atoms with van der Waals surface area (Å²) in [5.41, 5.74) is 10.2. The lowest BCUT2D eigenvalue weighted by Crippen LogP contribution is -2.62. The lowest BCUT2D eigenvalue weighted by Gasteiger charge is -2.44. The van der Waals surface area contributed by atoms with Gasteiger partial charge in [0, 0.05) is 23.7 Å². The van der Waals surface area contributed by atoms with Crippen molar-refractivity contribution in [3.05, 3.63) is 142 Å². The maximum absolute atomic E-state index is 7.96. The Hall–Kier alpha value is -3.60. The van der Waals surface area contributed by atoms with Crippen molar-refractivity contribution < 1.29 is 18.9 Å². The van der Waals surface area contributed by atoms with Crippen LogP contribution in [0.25, 0.3) is 0 Å². The molecule has 0 radical (unpaired) electrons. The highest BCUT2D eigenvalue weighted by Gasteiger charge is 2.60. The van der Waals surface area contributed by atoms with Crippen molar-refractivity contribution in [2.45, 2.75) is 363 Å². The molecule has 0 aromatic heterocycles. The summed E-state index contributed by atoms with van der Waals surface area (Å²) >= 11 is 0. The van der Waals surface area contributed by atoms with E-state index in [1.54, 1.807) is 0 Å². The van der Waals surface area contributed by atoms with Crippen molar-refractivity contribution in [3.8, 4) is 0 Å². The molecule has 4 aromatic carbocycles. The van der Waals surface area contributed by atoms with E-state index < -0.39 is 0 Å². The Kier molecular flexibility index (Phi) is 22.3. The van der Waals surface area contributed by atoms with E-state index in [-0.39, 0.29) is 165 Å². The Morgan fingerprint density at radius 2 is 0.394 bits per heavy atom. The number of hydrogen-bond acceptors (Lipinski definition) is 12. The van der Waals surface area contributed by atoms with Gasteiger partial charge >= 0.3 is 0 Å². The number of rotatable bonds is 12. The van der Waals surface area contributed by atoms with E-state index >= 15 is 0 Å². The molecule has 9 fully saturated rings. The molecule has 0 amide bonds. The minimum atomic E-state index is -0.144. The van der Waals surface area contributed by atoms with E-state index in [1.165, 1.54) is 44.5 Å². The molecule has 576 valence electrons. The highest BCUT2D eigenvalue weighted by atomic mass is 16.5. The van der Waals surface area contributed by atoms with Crippen molar-refractivity contribution >= 4 is 0 Å². The van der Waals surface area contributed by atoms with Crippen LogP contribution in [0, 0.1) is 69.0 Å². The van der Waals surface area contributed by atoms with Crippen molar-refractivity contribution in [1.29, 1.82) is 0 Å². The van der Waals surface area contributed by atoms with Gasteiger partial charge in [-0.3, -0.25) is 42.5 Å². The van der Waals surface area contributed by atoms with Crippen molar-refractivity contribution in [2.75, 3.05) is 0 Å². The van der Waals surface area contributed by atoms with Gasteiger partial charge in [0.1, 0.15) is 0 Å². The summed E-state index contributed by atoms with van der Waals surface area (Å²) in [5.74, 6) is 1.97.